The largest absolute Gasteiger partial charge is 0.366 e. The first-order chi connectivity index (χ1) is 11.5. The van der Waals surface area contributed by atoms with Gasteiger partial charge in [0.2, 0.25) is 5.91 Å². The molecule has 7 nitrogen and oxygen atoms in total. The second kappa shape index (κ2) is 6.82. The molecule has 0 aromatic carbocycles. The van der Waals surface area contributed by atoms with Gasteiger partial charge in [0.05, 0.1) is 24.3 Å². The summed E-state index contributed by atoms with van der Waals surface area (Å²) in [6.45, 7) is 3.39. The number of nitrogens with two attached hydrogens (primary N) is 1. The normalized spacial score (nSPS) is 17.7. The number of carbonyl (C=O) groups excluding carboxylic acids is 2. The number of nitrogens with zero attached hydrogens (tertiary/aromatic N) is 4. The molecule has 0 bridgehead atoms. The van der Waals surface area contributed by atoms with E-state index < -0.39 is 5.91 Å². The summed E-state index contributed by atoms with van der Waals surface area (Å²) < 4.78 is 1.88. The molecule has 0 spiro atoms. The van der Waals surface area contributed by atoms with Gasteiger partial charge in [-0.15, -0.1) is 0 Å². The van der Waals surface area contributed by atoms with E-state index in [1.807, 2.05) is 28.9 Å². The van der Waals surface area contributed by atoms with Crippen LogP contribution in [0.4, 0.5) is 0 Å². The van der Waals surface area contributed by atoms with Crippen molar-refractivity contribution in [3.05, 3.63) is 47.5 Å². The maximum Gasteiger partial charge on any atom is 0.272 e. The molecule has 126 valence electrons. The van der Waals surface area contributed by atoms with Crippen LogP contribution in [0.5, 0.6) is 0 Å². The summed E-state index contributed by atoms with van der Waals surface area (Å²) in [7, 11) is 0. The Morgan fingerprint density at radius 3 is 2.75 bits per heavy atom. The molecule has 0 saturated carbocycles. The van der Waals surface area contributed by atoms with Crippen molar-refractivity contribution in [2.45, 2.75) is 38.8 Å². The van der Waals surface area contributed by atoms with E-state index in [9.17, 15) is 9.59 Å². The van der Waals surface area contributed by atoms with Crippen LogP contribution in [0.1, 0.15) is 45.7 Å². The standard InChI is InChI=1S/C17H21N5O2/c1-12-8-20-21(10-12)11-14-4-2-3-7-22(14)17(24)15-6-5-13(9-19-15)16(18)23/h5-6,8-10,14H,2-4,7,11H2,1H3,(H2,18,23)/t14-/m0/s1. The van der Waals surface area contributed by atoms with Crippen LogP contribution in [0.2, 0.25) is 0 Å². The summed E-state index contributed by atoms with van der Waals surface area (Å²) in [5, 5.41) is 4.32. The number of aryl methyl sites for hydroxylation is 1. The van der Waals surface area contributed by atoms with Gasteiger partial charge in [0.25, 0.3) is 5.91 Å². The van der Waals surface area contributed by atoms with E-state index in [-0.39, 0.29) is 11.9 Å². The van der Waals surface area contributed by atoms with Gasteiger partial charge in [-0.25, -0.2) is 0 Å². The number of carbonyl (C=O) groups is 2. The van der Waals surface area contributed by atoms with Crippen molar-refractivity contribution in [2.75, 3.05) is 6.54 Å². The summed E-state index contributed by atoms with van der Waals surface area (Å²) in [4.78, 5) is 29.9. The van der Waals surface area contributed by atoms with Crippen molar-refractivity contribution in [1.82, 2.24) is 19.7 Å². The van der Waals surface area contributed by atoms with Crippen molar-refractivity contribution in [3.63, 3.8) is 0 Å². The maximum atomic E-state index is 12.8. The Labute approximate surface area is 140 Å². The first kappa shape index (κ1) is 16.2. The van der Waals surface area contributed by atoms with Gasteiger partial charge in [-0.1, -0.05) is 0 Å². The van der Waals surface area contributed by atoms with Crippen LogP contribution in [-0.2, 0) is 6.54 Å². The molecule has 2 N–H and O–H groups in total. The van der Waals surface area contributed by atoms with Crippen LogP contribution in [0, 0.1) is 6.92 Å². The van der Waals surface area contributed by atoms with Crippen molar-refractivity contribution < 1.29 is 9.59 Å². The van der Waals surface area contributed by atoms with Crippen LogP contribution in [0.15, 0.2) is 30.7 Å². The van der Waals surface area contributed by atoms with E-state index >= 15 is 0 Å². The van der Waals surface area contributed by atoms with Gasteiger partial charge in [0.15, 0.2) is 0 Å². The first-order valence-corrected chi connectivity index (χ1v) is 8.10. The van der Waals surface area contributed by atoms with Crippen molar-refractivity contribution >= 4 is 11.8 Å². The van der Waals surface area contributed by atoms with Gasteiger partial charge in [-0.2, -0.15) is 5.10 Å². The third-order valence-corrected chi connectivity index (χ3v) is 4.32. The minimum atomic E-state index is -0.550. The van der Waals surface area contributed by atoms with Crippen LogP contribution in [0.3, 0.4) is 0 Å². The lowest BCUT2D eigenvalue weighted by atomic mass is 10.0. The minimum absolute atomic E-state index is 0.100. The Morgan fingerprint density at radius 1 is 1.29 bits per heavy atom. The lowest BCUT2D eigenvalue weighted by molar-refractivity contribution is 0.0577. The Balaban J connectivity index is 1.76. The number of hydrogen-bond donors (Lipinski definition) is 1. The number of piperidine rings is 1. The van der Waals surface area contributed by atoms with Crippen molar-refractivity contribution in [2.24, 2.45) is 5.73 Å². The maximum absolute atomic E-state index is 12.8. The quantitative estimate of drug-likeness (QED) is 0.918. The first-order valence-electron chi connectivity index (χ1n) is 8.10. The van der Waals surface area contributed by atoms with Gasteiger partial charge in [-0.3, -0.25) is 19.3 Å². The molecule has 1 atom stereocenters. The Bertz CT molecular complexity index is 738. The number of amides is 2. The number of pyridine rings is 1. The molecule has 2 aromatic rings. The van der Waals surface area contributed by atoms with E-state index in [4.69, 9.17) is 5.73 Å². The SMILES string of the molecule is Cc1cnn(C[C@@H]2CCCCN2C(=O)c2ccc(C(N)=O)cn2)c1. The molecule has 1 fully saturated rings. The van der Waals surface area contributed by atoms with Crippen LogP contribution in [-0.4, -0.2) is 44.1 Å². The molecule has 2 aromatic heterocycles. The molecule has 7 heteroatoms. The molecule has 3 rings (SSSR count). The molecular formula is C17H21N5O2. The number of primary amides is 1. The highest BCUT2D eigenvalue weighted by atomic mass is 16.2. The molecule has 0 radical (unpaired) electrons. The summed E-state index contributed by atoms with van der Waals surface area (Å²) in [5.41, 5.74) is 6.95. The molecule has 3 heterocycles. The zero-order valence-electron chi connectivity index (χ0n) is 13.7. The molecule has 1 saturated heterocycles. The Morgan fingerprint density at radius 2 is 2.12 bits per heavy atom. The van der Waals surface area contributed by atoms with E-state index in [0.29, 0.717) is 24.3 Å². The highest BCUT2D eigenvalue weighted by Gasteiger charge is 2.28. The lowest BCUT2D eigenvalue weighted by Gasteiger charge is -2.35. The highest BCUT2D eigenvalue weighted by molar-refractivity contribution is 5.95. The van der Waals surface area contributed by atoms with Gasteiger partial charge in [0.1, 0.15) is 5.69 Å². The topological polar surface area (TPSA) is 94.1 Å². The second-order valence-corrected chi connectivity index (χ2v) is 6.18. The molecule has 0 aliphatic carbocycles. The van der Waals surface area contributed by atoms with Crippen molar-refractivity contribution in [1.29, 1.82) is 0 Å². The molecule has 24 heavy (non-hydrogen) atoms. The average molecular weight is 327 g/mol. The van der Waals surface area contributed by atoms with Gasteiger partial charge < -0.3 is 10.6 Å². The highest BCUT2D eigenvalue weighted by Crippen LogP contribution is 2.20. The van der Waals surface area contributed by atoms with E-state index in [1.54, 1.807) is 12.1 Å². The number of aromatic nitrogens is 3. The van der Waals surface area contributed by atoms with Crippen molar-refractivity contribution in [3.8, 4) is 0 Å². The lowest BCUT2D eigenvalue weighted by Crippen LogP contribution is -2.46. The zero-order chi connectivity index (χ0) is 17.1. The fourth-order valence-electron chi connectivity index (χ4n) is 3.05. The summed E-state index contributed by atoms with van der Waals surface area (Å²) >= 11 is 0. The molecule has 1 aliphatic heterocycles. The third-order valence-electron chi connectivity index (χ3n) is 4.32. The smallest absolute Gasteiger partial charge is 0.272 e. The van der Waals surface area contributed by atoms with Gasteiger partial charge in [-0.05, 0) is 43.9 Å². The number of rotatable bonds is 4. The summed E-state index contributed by atoms with van der Waals surface area (Å²) in [5.74, 6) is -0.661. The number of hydrogen-bond acceptors (Lipinski definition) is 4. The fourth-order valence-corrected chi connectivity index (χ4v) is 3.05. The second-order valence-electron chi connectivity index (χ2n) is 6.18. The summed E-state index contributed by atoms with van der Waals surface area (Å²) in [6, 6.07) is 3.20. The average Bonchev–Trinajstić information content (AvgIpc) is 3.00. The molecule has 1 aliphatic rings. The zero-order valence-corrected chi connectivity index (χ0v) is 13.7. The Kier molecular flexibility index (Phi) is 4.59. The van der Waals surface area contributed by atoms with Gasteiger partial charge >= 0.3 is 0 Å². The minimum Gasteiger partial charge on any atom is -0.366 e. The Hall–Kier alpha value is -2.70. The molecule has 2 amide bonds. The number of likely N-dealkylation sites (tertiary alicyclic amines) is 1. The van der Waals surface area contributed by atoms with Crippen LogP contribution >= 0.6 is 0 Å². The van der Waals surface area contributed by atoms with Crippen LogP contribution in [0.25, 0.3) is 0 Å². The summed E-state index contributed by atoms with van der Waals surface area (Å²) in [6.07, 6.45) is 8.19. The van der Waals surface area contributed by atoms with Gasteiger partial charge in [0, 0.05) is 18.9 Å². The van der Waals surface area contributed by atoms with Crippen LogP contribution < -0.4 is 5.73 Å². The third kappa shape index (κ3) is 3.45. The predicted octanol–water partition coefficient (Wildman–Crippen LogP) is 1.38. The molecular weight excluding hydrogens is 306 g/mol. The van der Waals surface area contributed by atoms with E-state index in [2.05, 4.69) is 10.1 Å². The predicted molar refractivity (Wildman–Crippen MR) is 88.4 cm³/mol. The monoisotopic (exact) mass is 327 g/mol. The fraction of sp³-hybridized carbons (Fsp3) is 0.412. The van der Waals surface area contributed by atoms with E-state index in [0.717, 1.165) is 24.8 Å². The van der Waals surface area contributed by atoms with E-state index in [1.165, 1.54) is 6.20 Å². The molecule has 0 unspecified atom stereocenters.